The standard InChI is InChI=1S/C19H40N4O4S.HI/c1-6-20-19(21-8-7-13-26-16-17(2)3)22-9-11-23(12-10-22)28(24,25)15-14-27-18(4)5;/h17-18H,6-16H2,1-5H3,(H,20,21);1H. The minimum Gasteiger partial charge on any atom is -0.381 e. The van der Waals surface area contributed by atoms with Gasteiger partial charge in [0.1, 0.15) is 0 Å². The van der Waals surface area contributed by atoms with E-state index in [-0.39, 0.29) is 42.4 Å². The van der Waals surface area contributed by atoms with E-state index < -0.39 is 10.0 Å². The summed E-state index contributed by atoms with van der Waals surface area (Å²) in [7, 11) is -3.27. The smallest absolute Gasteiger partial charge is 0.216 e. The van der Waals surface area contributed by atoms with Crippen LogP contribution in [0.1, 0.15) is 41.0 Å². The van der Waals surface area contributed by atoms with Gasteiger partial charge in [0.25, 0.3) is 0 Å². The molecule has 1 aliphatic rings. The molecule has 0 amide bonds. The first-order chi connectivity index (χ1) is 13.3. The molecule has 1 rings (SSSR count). The van der Waals surface area contributed by atoms with Gasteiger partial charge in [0.2, 0.25) is 10.0 Å². The van der Waals surface area contributed by atoms with Crippen LogP contribution in [0.25, 0.3) is 0 Å². The van der Waals surface area contributed by atoms with Crippen molar-refractivity contribution in [3.8, 4) is 0 Å². The van der Waals surface area contributed by atoms with Gasteiger partial charge in [0.15, 0.2) is 5.96 Å². The molecule has 1 heterocycles. The van der Waals surface area contributed by atoms with E-state index in [2.05, 4.69) is 29.1 Å². The van der Waals surface area contributed by atoms with Crippen molar-refractivity contribution < 1.29 is 17.9 Å². The number of halogens is 1. The van der Waals surface area contributed by atoms with E-state index in [1.165, 1.54) is 0 Å². The molecule has 0 radical (unpaired) electrons. The SMILES string of the molecule is CCNC(=NCCCOCC(C)C)N1CCN(S(=O)(=O)CCOC(C)C)CC1.I. The van der Waals surface area contributed by atoms with Crippen molar-refractivity contribution in [2.75, 3.05) is 64.8 Å². The molecule has 0 aromatic rings. The summed E-state index contributed by atoms with van der Waals surface area (Å²) in [6, 6.07) is 0. The lowest BCUT2D eigenvalue weighted by molar-refractivity contribution is 0.0904. The number of aliphatic imine (C=N–C) groups is 1. The van der Waals surface area contributed by atoms with Crippen LogP contribution in [0, 0.1) is 5.92 Å². The number of nitrogens with one attached hydrogen (secondary N) is 1. The van der Waals surface area contributed by atoms with Gasteiger partial charge in [0.05, 0.1) is 18.5 Å². The second-order valence-electron chi connectivity index (χ2n) is 7.68. The molecular formula is C19H41IN4O4S. The maximum atomic E-state index is 12.5. The van der Waals surface area contributed by atoms with E-state index in [4.69, 9.17) is 9.47 Å². The third kappa shape index (κ3) is 12.3. The summed E-state index contributed by atoms with van der Waals surface area (Å²) in [6.45, 7) is 15.6. The zero-order valence-corrected chi connectivity index (χ0v) is 21.9. The van der Waals surface area contributed by atoms with Crippen molar-refractivity contribution in [2.24, 2.45) is 10.9 Å². The Bertz CT molecular complexity index is 550. The average molecular weight is 549 g/mol. The molecular weight excluding hydrogens is 507 g/mol. The van der Waals surface area contributed by atoms with Crippen LogP contribution < -0.4 is 5.32 Å². The number of hydrogen-bond donors (Lipinski definition) is 1. The second-order valence-corrected chi connectivity index (χ2v) is 9.77. The third-order valence-corrected chi connectivity index (χ3v) is 6.05. The van der Waals surface area contributed by atoms with Crippen LogP contribution in [-0.2, 0) is 19.5 Å². The number of guanidine groups is 1. The van der Waals surface area contributed by atoms with Crippen LogP contribution in [-0.4, -0.2) is 94.5 Å². The monoisotopic (exact) mass is 548 g/mol. The van der Waals surface area contributed by atoms with E-state index >= 15 is 0 Å². The van der Waals surface area contributed by atoms with Crippen molar-refractivity contribution >= 4 is 40.0 Å². The van der Waals surface area contributed by atoms with Gasteiger partial charge in [-0.3, -0.25) is 4.99 Å². The fourth-order valence-electron chi connectivity index (χ4n) is 2.79. The molecule has 0 aliphatic carbocycles. The minimum atomic E-state index is -3.27. The van der Waals surface area contributed by atoms with Crippen LogP contribution in [0.3, 0.4) is 0 Å². The van der Waals surface area contributed by atoms with Crippen molar-refractivity contribution in [3.05, 3.63) is 0 Å². The Hall–Kier alpha value is -0.170. The Balaban J connectivity index is 0.00000784. The zero-order chi connectivity index (χ0) is 21.0. The van der Waals surface area contributed by atoms with Gasteiger partial charge < -0.3 is 19.7 Å². The van der Waals surface area contributed by atoms with Gasteiger partial charge in [-0.05, 0) is 33.1 Å². The van der Waals surface area contributed by atoms with Crippen molar-refractivity contribution in [2.45, 2.75) is 47.1 Å². The highest BCUT2D eigenvalue weighted by molar-refractivity contribution is 14.0. The topological polar surface area (TPSA) is 83.5 Å². The Labute approximate surface area is 194 Å². The lowest BCUT2D eigenvalue weighted by Crippen LogP contribution is -2.54. The summed E-state index contributed by atoms with van der Waals surface area (Å²) in [6.07, 6.45) is 0.924. The fraction of sp³-hybridized carbons (Fsp3) is 0.947. The Morgan fingerprint density at radius 3 is 2.31 bits per heavy atom. The number of nitrogens with zero attached hydrogens (tertiary/aromatic N) is 3. The van der Waals surface area contributed by atoms with Gasteiger partial charge in [-0.2, -0.15) is 4.31 Å². The molecule has 10 heteroatoms. The zero-order valence-electron chi connectivity index (χ0n) is 18.7. The lowest BCUT2D eigenvalue weighted by Gasteiger charge is -2.36. The fourth-order valence-corrected chi connectivity index (χ4v) is 4.08. The van der Waals surface area contributed by atoms with Crippen LogP contribution in [0.2, 0.25) is 0 Å². The summed E-state index contributed by atoms with van der Waals surface area (Å²) in [5, 5.41) is 3.31. The van der Waals surface area contributed by atoms with E-state index in [0.29, 0.717) is 45.2 Å². The number of rotatable bonds is 12. The van der Waals surface area contributed by atoms with E-state index in [1.807, 2.05) is 20.8 Å². The lowest BCUT2D eigenvalue weighted by atomic mass is 10.2. The summed E-state index contributed by atoms with van der Waals surface area (Å²) in [5.41, 5.74) is 0. The largest absolute Gasteiger partial charge is 0.381 e. The predicted molar refractivity (Wildman–Crippen MR) is 130 cm³/mol. The molecule has 29 heavy (non-hydrogen) atoms. The van der Waals surface area contributed by atoms with Crippen molar-refractivity contribution in [1.82, 2.24) is 14.5 Å². The van der Waals surface area contributed by atoms with Crippen molar-refractivity contribution in [1.29, 1.82) is 0 Å². The van der Waals surface area contributed by atoms with Gasteiger partial charge in [0, 0.05) is 52.5 Å². The molecule has 0 saturated carbocycles. The number of hydrogen-bond acceptors (Lipinski definition) is 5. The van der Waals surface area contributed by atoms with Crippen LogP contribution >= 0.6 is 24.0 Å². The first-order valence-corrected chi connectivity index (χ1v) is 12.1. The first-order valence-electron chi connectivity index (χ1n) is 10.5. The molecule has 1 fully saturated rings. The summed E-state index contributed by atoms with van der Waals surface area (Å²) < 4.78 is 37.5. The maximum Gasteiger partial charge on any atom is 0.216 e. The Kier molecular flexibility index (Phi) is 15.5. The normalized spacial score (nSPS) is 16.4. The molecule has 0 bridgehead atoms. The van der Waals surface area contributed by atoms with E-state index in [9.17, 15) is 8.42 Å². The molecule has 8 nitrogen and oxygen atoms in total. The molecule has 0 spiro atoms. The maximum absolute atomic E-state index is 12.5. The van der Waals surface area contributed by atoms with Crippen LogP contribution in [0.15, 0.2) is 4.99 Å². The number of piperazine rings is 1. The quantitative estimate of drug-likeness (QED) is 0.174. The highest BCUT2D eigenvalue weighted by atomic mass is 127. The molecule has 1 saturated heterocycles. The highest BCUT2D eigenvalue weighted by Gasteiger charge is 2.27. The summed E-state index contributed by atoms with van der Waals surface area (Å²) in [4.78, 5) is 6.81. The van der Waals surface area contributed by atoms with Gasteiger partial charge >= 0.3 is 0 Å². The van der Waals surface area contributed by atoms with Gasteiger partial charge in [-0.15, -0.1) is 24.0 Å². The highest BCUT2D eigenvalue weighted by Crippen LogP contribution is 2.09. The van der Waals surface area contributed by atoms with Crippen LogP contribution in [0.5, 0.6) is 0 Å². The Morgan fingerprint density at radius 2 is 1.76 bits per heavy atom. The number of sulfonamides is 1. The van der Waals surface area contributed by atoms with E-state index in [0.717, 1.165) is 25.5 Å². The third-order valence-electron chi connectivity index (χ3n) is 4.22. The van der Waals surface area contributed by atoms with Gasteiger partial charge in [-0.25, -0.2) is 8.42 Å². The summed E-state index contributed by atoms with van der Waals surface area (Å²) >= 11 is 0. The van der Waals surface area contributed by atoms with Crippen molar-refractivity contribution in [3.63, 3.8) is 0 Å². The molecule has 0 aromatic heterocycles. The van der Waals surface area contributed by atoms with Crippen LogP contribution in [0.4, 0.5) is 0 Å². The van der Waals surface area contributed by atoms with Gasteiger partial charge in [-0.1, -0.05) is 13.8 Å². The first kappa shape index (κ1) is 28.8. The second kappa shape index (κ2) is 15.6. The average Bonchev–Trinajstić information content (AvgIpc) is 2.63. The van der Waals surface area contributed by atoms with E-state index in [1.54, 1.807) is 4.31 Å². The molecule has 1 aliphatic heterocycles. The Morgan fingerprint density at radius 1 is 1.10 bits per heavy atom. The molecule has 174 valence electrons. The molecule has 1 N–H and O–H groups in total. The number of ether oxygens (including phenoxy) is 2. The molecule has 0 atom stereocenters. The summed E-state index contributed by atoms with van der Waals surface area (Å²) in [5.74, 6) is 1.44. The molecule has 0 aromatic carbocycles. The minimum absolute atomic E-state index is 0. The predicted octanol–water partition coefficient (Wildman–Crippen LogP) is 2.01. The molecule has 0 unspecified atom stereocenters.